The molecule has 0 spiro atoms. The van der Waals surface area contributed by atoms with Crippen molar-refractivity contribution in [3.63, 3.8) is 0 Å². The van der Waals surface area contributed by atoms with Gasteiger partial charge in [-0.25, -0.2) is 4.98 Å². The predicted octanol–water partition coefficient (Wildman–Crippen LogP) is 2.33. The monoisotopic (exact) mass is 335 g/mol. The highest BCUT2D eigenvalue weighted by atomic mass is 35.5. The van der Waals surface area contributed by atoms with E-state index in [0.29, 0.717) is 12.1 Å². The van der Waals surface area contributed by atoms with Crippen molar-refractivity contribution < 1.29 is 9.90 Å². The summed E-state index contributed by atoms with van der Waals surface area (Å²) in [6, 6.07) is 9.77. The Morgan fingerprint density at radius 1 is 1.39 bits per heavy atom. The molecule has 122 valence electrons. The lowest BCUT2D eigenvalue weighted by atomic mass is 10.1. The van der Waals surface area contributed by atoms with Gasteiger partial charge in [-0.15, -0.1) is 0 Å². The van der Waals surface area contributed by atoms with Crippen LogP contribution in [-0.2, 0) is 17.8 Å². The number of nitrogens with one attached hydrogen (secondary N) is 1. The van der Waals surface area contributed by atoms with Gasteiger partial charge in [0.25, 0.3) is 5.56 Å². The predicted molar refractivity (Wildman–Crippen MR) is 89.1 cm³/mol. The topological polar surface area (TPSA) is 84.2 Å². The fourth-order valence-corrected chi connectivity index (χ4v) is 2.48. The van der Waals surface area contributed by atoms with Gasteiger partial charge < -0.3 is 10.4 Å². The van der Waals surface area contributed by atoms with Crippen LogP contribution in [0.25, 0.3) is 0 Å². The lowest BCUT2D eigenvalue weighted by Gasteiger charge is -2.16. The molecule has 0 amide bonds. The zero-order valence-electron chi connectivity index (χ0n) is 12.9. The van der Waals surface area contributed by atoms with Crippen molar-refractivity contribution in [1.29, 1.82) is 0 Å². The molecule has 1 aromatic heterocycles. The van der Waals surface area contributed by atoms with Crippen molar-refractivity contribution in [2.45, 2.75) is 32.9 Å². The molecule has 0 radical (unpaired) electrons. The summed E-state index contributed by atoms with van der Waals surface area (Å²) in [5, 5.41) is 12.1. The maximum absolute atomic E-state index is 12.4. The lowest BCUT2D eigenvalue weighted by molar-refractivity contribution is -0.137. The largest absolute Gasteiger partial charge is 0.480 e. The fourth-order valence-electron chi connectivity index (χ4n) is 2.29. The van der Waals surface area contributed by atoms with Gasteiger partial charge in [0.05, 0.1) is 5.69 Å². The average molecular weight is 336 g/mol. The van der Waals surface area contributed by atoms with E-state index in [4.69, 9.17) is 16.7 Å². The number of carboxylic acids is 1. The summed E-state index contributed by atoms with van der Waals surface area (Å²) in [6.45, 7) is 3.04. The van der Waals surface area contributed by atoms with Gasteiger partial charge in [-0.3, -0.25) is 14.2 Å². The van der Waals surface area contributed by atoms with Gasteiger partial charge in [-0.2, -0.15) is 0 Å². The molecule has 0 aliphatic carbocycles. The number of hydrogen-bond acceptors (Lipinski definition) is 4. The van der Waals surface area contributed by atoms with Crippen LogP contribution in [0.1, 0.15) is 18.2 Å². The molecule has 2 N–H and O–H groups in total. The fraction of sp³-hybridized carbons (Fsp3) is 0.312. The standard InChI is InChI=1S/C16H18ClN3O3/c1-10(8-12-6-4-3-5-7-12)18-15-16(23)20(9-13(21)22)11(2)14(17)19-15/h3-7,10H,8-9H2,1-2H3,(H,18,19)(H,21,22)/t10-/m0/s1. The Balaban J connectivity index is 2.24. The second kappa shape index (κ2) is 7.28. The zero-order valence-corrected chi connectivity index (χ0v) is 13.7. The first-order chi connectivity index (χ1) is 10.9. The van der Waals surface area contributed by atoms with Crippen LogP contribution in [-0.4, -0.2) is 26.7 Å². The van der Waals surface area contributed by atoms with Crippen LogP contribution in [0.3, 0.4) is 0 Å². The lowest BCUT2D eigenvalue weighted by Crippen LogP contribution is -2.32. The average Bonchev–Trinajstić information content (AvgIpc) is 2.50. The Bertz CT molecular complexity index is 759. The molecule has 0 saturated carbocycles. The summed E-state index contributed by atoms with van der Waals surface area (Å²) in [5.74, 6) is -1.05. The molecule has 0 aliphatic heterocycles. The second-order valence-corrected chi connectivity index (χ2v) is 5.71. The number of nitrogens with zero attached hydrogens (tertiary/aromatic N) is 2. The molecule has 23 heavy (non-hydrogen) atoms. The van der Waals surface area contributed by atoms with E-state index < -0.39 is 18.1 Å². The first kappa shape index (κ1) is 17.0. The highest BCUT2D eigenvalue weighted by Crippen LogP contribution is 2.14. The van der Waals surface area contributed by atoms with E-state index in [-0.39, 0.29) is 17.0 Å². The van der Waals surface area contributed by atoms with Crippen molar-refractivity contribution >= 4 is 23.4 Å². The quantitative estimate of drug-likeness (QED) is 0.846. The number of aromatic nitrogens is 2. The molecule has 0 fully saturated rings. The molecule has 0 aliphatic rings. The maximum atomic E-state index is 12.4. The van der Waals surface area contributed by atoms with E-state index in [9.17, 15) is 9.59 Å². The first-order valence-corrected chi connectivity index (χ1v) is 7.55. The van der Waals surface area contributed by atoms with Crippen molar-refractivity contribution in [3.05, 3.63) is 57.1 Å². The van der Waals surface area contributed by atoms with Crippen LogP contribution in [0.2, 0.25) is 5.15 Å². The van der Waals surface area contributed by atoms with E-state index in [1.807, 2.05) is 37.3 Å². The molecule has 0 bridgehead atoms. The molecular formula is C16H18ClN3O3. The number of hydrogen-bond donors (Lipinski definition) is 2. The SMILES string of the molecule is Cc1c(Cl)nc(N[C@@H](C)Cc2ccccc2)c(=O)n1CC(=O)O. The van der Waals surface area contributed by atoms with Crippen LogP contribution in [0, 0.1) is 6.92 Å². The molecule has 2 rings (SSSR count). The second-order valence-electron chi connectivity index (χ2n) is 5.36. The summed E-state index contributed by atoms with van der Waals surface area (Å²) in [7, 11) is 0. The number of rotatable bonds is 6. The number of benzene rings is 1. The Morgan fingerprint density at radius 2 is 2.04 bits per heavy atom. The Kier molecular flexibility index (Phi) is 5.39. The van der Waals surface area contributed by atoms with E-state index >= 15 is 0 Å². The van der Waals surface area contributed by atoms with Gasteiger partial charge in [0, 0.05) is 6.04 Å². The molecule has 0 saturated heterocycles. The normalized spacial score (nSPS) is 12.0. The molecule has 0 unspecified atom stereocenters. The minimum Gasteiger partial charge on any atom is -0.480 e. The van der Waals surface area contributed by atoms with Crippen LogP contribution in [0.5, 0.6) is 0 Å². The maximum Gasteiger partial charge on any atom is 0.323 e. The summed E-state index contributed by atoms with van der Waals surface area (Å²) in [4.78, 5) is 27.3. The van der Waals surface area contributed by atoms with Gasteiger partial charge in [0.2, 0.25) is 0 Å². The number of aliphatic carboxylic acids is 1. The van der Waals surface area contributed by atoms with Gasteiger partial charge in [0.1, 0.15) is 6.54 Å². The van der Waals surface area contributed by atoms with Crippen LogP contribution < -0.4 is 10.9 Å². The highest BCUT2D eigenvalue weighted by molar-refractivity contribution is 6.30. The van der Waals surface area contributed by atoms with Gasteiger partial charge in [-0.1, -0.05) is 41.9 Å². The third-order valence-corrected chi connectivity index (χ3v) is 3.78. The molecule has 1 heterocycles. The molecule has 6 nitrogen and oxygen atoms in total. The third-order valence-electron chi connectivity index (χ3n) is 3.42. The molecule has 1 atom stereocenters. The molecular weight excluding hydrogens is 318 g/mol. The molecule has 1 aromatic carbocycles. The third kappa shape index (κ3) is 4.32. The van der Waals surface area contributed by atoms with E-state index in [0.717, 1.165) is 10.1 Å². The van der Waals surface area contributed by atoms with Gasteiger partial charge in [0.15, 0.2) is 11.0 Å². The Hall–Kier alpha value is -2.34. The summed E-state index contributed by atoms with van der Waals surface area (Å²) < 4.78 is 1.11. The number of anilines is 1. The minimum atomic E-state index is -1.11. The van der Waals surface area contributed by atoms with Crippen LogP contribution in [0.15, 0.2) is 35.1 Å². The smallest absolute Gasteiger partial charge is 0.323 e. The minimum absolute atomic E-state index is 0.0604. The van der Waals surface area contributed by atoms with E-state index in [1.165, 1.54) is 0 Å². The van der Waals surface area contributed by atoms with Crippen molar-refractivity contribution in [2.75, 3.05) is 5.32 Å². The first-order valence-electron chi connectivity index (χ1n) is 7.17. The summed E-state index contributed by atoms with van der Waals surface area (Å²) in [5.41, 5.74) is 0.964. The van der Waals surface area contributed by atoms with Gasteiger partial charge >= 0.3 is 5.97 Å². The highest BCUT2D eigenvalue weighted by Gasteiger charge is 2.16. The molecule has 7 heteroatoms. The van der Waals surface area contributed by atoms with E-state index in [1.54, 1.807) is 6.92 Å². The number of carboxylic acid groups (broad SMARTS) is 1. The Morgan fingerprint density at radius 3 is 2.65 bits per heavy atom. The van der Waals surface area contributed by atoms with E-state index in [2.05, 4.69) is 10.3 Å². The summed E-state index contributed by atoms with van der Waals surface area (Å²) in [6.07, 6.45) is 0.701. The van der Waals surface area contributed by atoms with Crippen LogP contribution in [0.4, 0.5) is 5.82 Å². The van der Waals surface area contributed by atoms with Crippen molar-refractivity contribution in [1.82, 2.24) is 9.55 Å². The Labute approximate surface area is 138 Å². The van der Waals surface area contributed by atoms with Gasteiger partial charge in [-0.05, 0) is 25.8 Å². The summed E-state index contributed by atoms with van der Waals surface area (Å²) >= 11 is 6.01. The number of halogens is 1. The number of carbonyl (C=O) groups is 1. The van der Waals surface area contributed by atoms with Crippen molar-refractivity contribution in [2.24, 2.45) is 0 Å². The van der Waals surface area contributed by atoms with Crippen molar-refractivity contribution in [3.8, 4) is 0 Å². The van der Waals surface area contributed by atoms with Crippen LogP contribution >= 0.6 is 11.6 Å². The molecule has 2 aromatic rings. The zero-order chi connectivity index (χ0) is 17.0.